The Morgan fingerprint density at radius 3 is 3.05 bits per heavy atom. The van der Waals surface area contributed by atoms with Crippen molar-refractivity contribution in [2.75, 3.05) is 38.3 Å². The first-order valence-corrected chi connectivity index (χ1v) is 7.41. The molecule has 0 amide bonds. The first kappa shape index (κ1) is 14.8. The fourth-order valence-electron chi connectivity index (χ4n) is 2.34. The Hall–Kier alpha value is -0.620. The number of nitrogens with zero attached hydrogens (tertiary/aromatic N) is 1. The molecule has 0 spiro atoms. The molecule has 4 nitrogen and oxygen atoms in total. The molecule has 1 aromatic carbocycles. The number of nitrogens with one attached hydrogen (secondary N) is 1. The Kier molecular flexibility index (Phi) is 5.63. The van der Waals surface area contributed by atoms with Crippen LogP contribution in [0.2, 0.25) is 0 Å². The Labute approximate surface area is 122 Å². The van der Waals surface area contributed by atoms with Crippen molar-refractivity contribution in [1.29, 1.82) is 0 Å². The highest BCUT2D eigenvalue weighted by Gasteiger charge is 2.22. The van der Waals surface area contributed by atoms with Gasteiger partial charge < -0.3 is 20.1 Å². The third-order valence-electron chi connectivity index (χ3n) is 3.35. The van der Waals surface area contributed by atoms with Crippen LogP contribution in [-0.2, 0) is 11.3 Å². The van der Waals surface area contributed by atoms with Gasteiger partial charge >= 0.3 is 0 Å². The molecule has 1 atom stereocenters. The molecule has 2 N–H and O–H groups in total. The van der Waals surface area contributed by atoms with Gasteiger partial charge in [-0.15, -0.1) is 0 Å². The van der Waals surface area contributed by atoms with Crippen molar-refractivity contribution in [2.24, 2.45) is 0 Å². The molecule has 5 heteroatoms. The van der Waals surface area contributed by atoms with Crippen molar-refractivity contribution in [1.82, 2.24) is 5.32 Å². The molecule has 0 aliphatic carbocycles. The molecule has 1 fully saturated rings. The molecule has 1 unspecified atom stereocenters. The Morgan fingerprint density at radius 2 is 2.37 bits per heavy atom. The first-order valence-electron chi connectivity index (χ1n) is 6.62. The third kappa shape index (κ3) is 4.18. The Balaban J connectivity index is 2.05. The van der Waals surface area contributed by atoms with Crippen LogP contribution in [0.3, 0.4) is 0 Å². The van der Waals surface area contributed by atoms with E-state index < -0.39 is 0 Å². The van der Waals surface area contributed by atoms with Gasteiger partial charge in [0.05, 0.1) is 12.7 Å². The first-order chi connectivity index (χ1) is 9.20. The summed E-state index contributed by atoms with van der Waals surface area (Å²) >= 11 is 3.52. The molecule has 1 aliphatic rings. The van der Waals surface area contributed by atoms with E-state index in [9.17, 15) is 5.11 Å². The van der Waals surface area contributed by atoms with Gasteiger partial charge in [-0.05, 0) is 24.1 Å². The lowest BCUT2D eigenvalue weighted by atomic mass is 10.1. The minimum absolute atomic E-state index is 0.201. The van der Waals surface area contributed by atoms with E-state index in [1.165, 1.54) is 11.3 Å². The maximum atomic E-state index is 9.68. The number of ether oxygens (including phenoxy) is 1. The molecule has 19 heavy (non-hydrogen) atoms. The van der Waals surface area contributed by atoms with Crippen LogP contribution in [0.1, 0.15) is 12.0 Å². The summed E-state index contributed by atoms with van der Waals surface area (Å²) < 4.78 is 6.10. The van der Waals surface area contributed by atoms with Crippen molar-refractivity contribution in [3.8, 4) is 0 Å². The fraction of sp³-hybridized carbons (Fsp3) is 0.571. The molecule has 0 radical (unpaired) electrons. The molecule has 1 saturated heterocycles. The molecule has 0 aromatic heterocycles. The highest BCUT2D eigenvalue weighted by Crippen LogP contribution is 2.28. The number of halogens is 1. The highest BCUT2D eigenvalue weighted by molar-refractivity contribution is 9.10. The van der Waals surface area contributed by atoms with E-state index in [0.717, 1.165) is 37.1 Å². The number of methoxy groups -OCH3 is 1. The zero-order chi connectivity index (χ0) is 13.7. The van der Waals surface area contributed by atoms with Gasteiger partial charge in [0.1, 0.15) is 0 Å². The quantitative estimate of drug-likeness (QED) is 0.781. The summed E-state index contributed by atoms with van der Waals surface area (Å²) in [6, 6.07) is 6.32. The lowest BCUT2D eigenvalue weighted by molar-refractivity contribution is 0.198. The lowest BCUT2D eigenvalue weighted by Gasteiger charge is -2.22. The minimum atomic E-state index is -0.201. The largest absolute Gasteiger partial charge is 0.391 e. The maximum Gasteiger partial charge on any atom is 0.0731 e. The van der Waals surface area contributed by atoms with Crippen LogP contribution in [0.5, 0.6) is 0 Å². The summed E-state index contributed by atoms with van der Waals surface area (Å²) in [6.07, 6.45) is 0.650. The van der Waals surface area contributed by atoms with Crippen molar-refractivity contribution >= 4 is 21.6 Å². The highest BCUT2D eigenvalue weighted by atomic mass is 79.9. The van der Waals surface area contributed by atoms with E-state index in [1.807, 2.05) is 0 Å². The average molecular weight is 329 g/mol. The van der Waals surface area contributed by atoms with Gasteiger partial charge in [0.2, 0.25) is 0 Å². The summed E-state index contributed by atoms with van der Waals surface area (Å²) in [5.74, 6) is 0. The van der Waals surface area contributed by atoms with Gasteiger partial charge in [0.25, 0.3) is 0 Å². The summed E-state index contributed by atoms with van der Waals surface area (Å²) in [5.41, 5.74) is 2.46. The second-order valence-electron chi connectivity index (χ2n) is 4.83. The fourth-order valence-corrected chi connectivity index (χ4v) is 2.69. The van der Waals surface area contributed by atoms with Crippen LogP contribution < -0.4 is 10.2 Å². The predicted octanol–water partition coefficient (Wildman–Crippen LogP) is 1.76. The van der Waals surface area contributed by atoms with Crippen LogP contribution in [0.15, 0.2) is 22.7 Å². The number of aliphatic hydroxyl groups excluding tert-OH is 1. The number of rotatable bonds is 6. The molecule has 1 aromatic rings. The van der Waals surface area contributed by atoms with E-state index in [4.69, 9.17) is 4.74 Å². The van der Waals surface area contributed by atoms with Crippen molar-refractivity contribution in [3.05, 3.63) is 28.2 Å². The number of benzene rings is 1. The molecule has 2 rings (SSSR count). The van der Waals surface area contributed by atoms with Gasteiger partial charge in [0.15, 0.2) is 0 Å². The van der Waals surface area contributed by atoms with Crippen LogP contribution in [0, 0.1) is 0 Å². The molecule has 0 bridgehead atoms. The number of anilines is 1. The number of hydrogen-bond acceptors (Lipinski definition) is 4. The van der Waals surface area contributed by atoms with Gasteiger partial charge in [0, 0.05) is 43.4 Å². The average Bonchev–Trinajstić information content (AvgIpc) is 2.82. The van der Waals surface area contributed by atoms with Gasteiger partial charge in [-0.25, -0.2) is 0 Å². The smallest absolute Gasteiger partial charge is 0.0731 e. The van der Waals surface area contributed by atoms with E-state index >= 15 is 0 Å². The lowest BCUT2D eigenvalue weighted by Crippen LogP contribution is -2.25. The van der Waals surface area contributed by atoms with E-state index in [1.54, 1.807) is 7.11 Å². The summed E-state index contributed by atoms with van der Waals surface area (Å²) in [4.78, 5) is 2.25. The zero-order valence-corrected chi connectivity index (χ0v) is 12.8. The Bertz CT molecular complexity index is 414. The number of aliphatic hydroxyl groups is 1. The van der Waals surface area contributed by atoms with Crippen molar-refractivity contribution in [2.45, 2.75) is 19.1 Å². The van der Waals surface area contributed by atoms with E-state index in [-0.39, 0.29) is 6.10 Å². The van der Waals surface area contributed by atoms with E-state index in [0.29, 0.717) is 6.61 Å². The summed E-state index contributed by atoms with van der Waals surface area (Å²) in [5, 5.41) is 13.0. The summed E-state index contributed by atoms with van der Waals surface area (Å²) in [7, 11) is 1.71. The molecule has 0 saturated carbocycles. The van der Waals surface area contributed by atoms with Crippen LogP contribution in [-0.4, -0.2) is 44.6 Å². The second kappa shape index (κ2) is 7.24. The normalized spacial score (nSPS) is 19.1. The predicted molar refractivity (Wildman–Crippen MR) is 80.6 cm³/mol. The van der Waals surface area contributed by atoms with Crippen LogP contribution in [0.4, 0.5) is 5.69 Å². The van der Waals surface area contributed by atoms with Gasteiger partial charge in [-0.2, -0.15) is 0 Å². The van der Waals surface area contributed by atoms with Crippen molar-refractivity contribution in [3.63, 3.8) is 0 Å². The minimum Gasteiger partial charge on any atom is -0.391 e. The van der Waals surface area contributed by atoms with Crippen LogP contribution in [0.25, 0.3) is 0 Å². The molecule has 1 heterocycles. The maximum absolute atomic E-state index is 9.68. The molecule has 1 aliphatic heterocycles. The SMILES string of the molecule is COCCNCc1ccc(Br)cc1N1CCC(O)C1. The number of β-amino-alcohol motifs (C(OH)–C–C–N with tert-alkyl or cyclic N) is 1. The standard InChI is InChI=1S/C14H21BrN2O2/c1-19-7-5-16-9-11-2-3-12(15)8-14(11)17-6-4-13(18)10-17/h2-3,8,13,16,18H,4-7,9-10H2,1H3. The molecular formula is C14H21BrN2O2. The monoisotopic (exact) mass is 328 g/mol. The zero-order valence-electron chi connectivity index (χ0n) is 11.2. The third-order valence-corrected chi connectivity index (χ3v) is 3.84. The molecule has 106 valence electrons. The topological polar surface area (TPSA) is 44.7 Å². The van der Waals surface area contributed by atoms with Gasteiger partial charge in [-0.3, -0.25) is 0 Å². The second-order valence-corrected chi connectivity index (χ2v) is 5.75. The van der Waals surface area contributed by atoms with Gasteiger partial charge in [-0.1, -0.05) is 22.0 Å². The van der Waals surface area contributed by atoms with Crippen LogP contribution >= 0.6 is 15.9 Å². The molecular weight excluding hydrogens is 308 g/mol. The van der Waals surface area contributed by atoms with Crippen molar-refractivity contribution < 1.29 is 9.84 Å². The van der Waals surface area contributed by atoms with E-state index in [2.05, 4.69) is 44.3 Å². The summed E-state index contributed by atoms with van der Waals surface area (Å²) in [6.45, 7) is 4.02. The Morgan fingerprint density at radius 1 is 1.53 bits per heavy atom. The number of hydrogen-bond donors (Lipinski definition) is 2.